The molecule has 0 saturated heterocycles. The molecular formula is C50H91NO5. The summed E-state index contributed by atoms with van der Waals surface area (Å²) in [5.74, 6) is -0.540. The maximum atomic E-state index is 13.1. The SMILES string of the molecule is CCCCC/C=C\C/C=C\C/C=C\C/C=C\CCCC(=O)OC(CCCCCCCCCCC)CC(=O)NC(CO)C(O)CCCCCCCCCCCCC. The molecule has 0 heterocycles. The molecule has 3 unspecified atom stereocenters. The molecule has 6 nitrogen and oxygen atoms in total. The molecule has 0 aliphatic rings. The van der Waals surface area contributed by atoms with Crippen LogP contribution < -0.4 is 5.32 Å². The number of carbonyl (C=O) groups excluding carboxylic acids is 2. The van der Waals surface area contributed by atoms with Crippen molar-refractivity contribution in [1.29, 1.82) is 0 Å². The Balaban J connectivity index is 4.59. The molecule has 56 heavy (non-hydrogen) atoms. The number of carbonyl (C=O) groups is 2. The third-order valence-corrected chi connectivity index (χ3v) is 10.7. The van der Waals surface area contributed by atoms with Gasteiger partial charge in [0.2, 0.25) is 5.91 Å². The number of hydrogen-bond acceptors (Lipinski definition) is 5. The number of nitrogens with one attached hydrogen (secondary N) is 1. The number of rotatable bonds is 42. The van der Waals surface area contributed by atoms with E-state index in [1.807, 2.05) is 0 Å². The summed E-state index contributed by atoms with van der Waals surface area (Å²) in [6.45, 7) is 6.41. The van der Waals surface area contributed by atoms with E-state index in [0.717, 1.165) is 64.2 Å². The molecule has 1 amide bonds. The molecule has 3 N–H and O–H groups in total. The molecule has 0 aliphatic carbocycles. The van der Waals surface area contributed by atoms with E-state index in [9.17, 15) is 19.8 Å². The molecule has 0 aromatic heterocycles. The van der Waals surface area contributed by atoms with E-state index in [1.165, 1.54) is 116 Å². The molecule has 0 radical (unpaired) electrons. The van der Waals surface area contributed by atoms with Crippen LogP contribution >= 0.6 is 0 Å². The van der Waals surface area contributed by atoms with Gasteiger partial charge in [-0.15, -0.1) is 0 Å². The molecular weight excluding hydrogens is 695 g/mol. The van der Waals surface area contributed by atoms with E-state index in [0.29, 0.717) is 25.7 Å². The van der Waals surface area contributed by atoms with E-state index in [2.05, 4.69) is 74.7 Å². The van der Waals surface area contributed by atoms with Crippen LogP contribution in [0.3, 0.4) is 0 Å². The van der Waals surface area contributed by atoms with Gasteiger partial charge in [0, 0.05) is 6.42 Å². The third kappa shape index (κ3) is 38.7. The van der Waals surface area contributed by atoms with Crippen LogP contribution in [0, 0.1) is 0 Å². The lowest BCUT2D eigenvalue weighted by molar-refractivity contribution is -0.151. The molecule has 326 valence electrons. The zero-order valence-corrected chi connectivity index (χ0v) is 37.0. The highest BCUT2D eigenvalue weighted by atomic mass is 16.5. The summed E-state index contributed by atoms with van der Waals surface area (Å²) in [4.78, 5) is 26.0. The maximum absolute atomic E-state index is 13.1. The second-order valence-electron chi connectivity index (χ2n) is 16.2. The summed E-state index contributed by atoms with van der Waals surface area (Å²) in [5, 5.41) is 23.6. The summed E-state index contributed by atoms with van der Waals surface area (Å²) in [5.41, 5.74) is 0. The Hall–Kier alpha value is -2.18. The van der Waals surface area contributed by atoms with Crippen LogP contribution in [-0.2, 0) is 14.3 Å². The third-order valence-electron chi connectivity index (χ3n) is 10.7. The van der Waals surface area contributed by atoms with Crippen LogP contribution in [0.25, 0.3) is 0 Å². The number of esters is 1. The highest BCUT2D eigenvalue weighted by Gasteiger charge is 2.24. The summed E-state index contributed by atoms with van der Waals surface area (Å²) in [6, 6.07) is -0.708. The van der Waals surface area contributed by atoms with Crippen LogP contribution in [0.4, 0.5) is 0 Å². The summed E-state index contributed by atoms with van der Waals surface area (Å²) in [7, 11) is 0. The van der Waals surface area contributed by atoms with Crippen molar-refractivity contribution in [2.75, 3.05) is 6.61 Å². The minimum atomic E-state index is -0.793. The van der Waals surface area contributed by atoms with Gasteiger partial charge in [-0.25, -0.2) is 0 Å². The number of unbranched alkanes of at least 4 members (excludes halogenated alkanes) is 22. The normalized spacial score (nSPS) is 13.7. The average molecular weight is 786 g/mol. The van der Waals surface area contributed by atoms with E-state index in [-0.39, 0.29) is 24.9 Å². The molecule has 0 spiro atoms. The smallest absolute Gasteiger partial charge is 0.306 e. The number of ether oxygens (including phenoxy) is 1. The first-order chi connectivity index (χ1) is 27.5. The van der Waals surface area contributed by atoms with Crippen molar-refractivity contribution >= 4 is 11.9 Å². The lowest BCUT2D eigenvalue weighted by atomic mass is 10.0. The standard InChI is InChI=1S/C50H91NO5/c1-4-7-10-13-16-19-21-22-23-24-25-26-28-31-34-37-40-43-50(55)56-46(41-38-35-32-29-18-15-12-9-6-3)44-49(54)51-47(45-52)48(53)42-39-36-33-30-27-20-17-14-11-8-5-2/h16,19,22-23,25-26,31,34,46-48,52-53H,4-15,17-18,20-21,24,27-30,32-33,35-45H2,1-3H3,(H,51,54)/b19-16-,23-22-,26-25-,34-31-. The largest absolute Gasteiger partial charge is 0.462 e. The second kappa shape index (κ2) is 43.9. The fourth-order valence-corrected chi connectivity index (χ4v) is 7.01. The Morgan fingerprint density at radius 3 is 1.38 bits per heavy atom. The van der Waals surface area contributed by atoms with Gasteiger partial charge in [-0.1, -0.05) is 204 Å². The number of amides is 1. The Bertz CT molecular complexity index is 972. The molecule has 0 aromatic carbocycles. The van der Waals surface area contributed by atoms with Gasteiger partial charge in [0.1, 0.15) is 6.10 Å². The van der Waals surface area contributed by atoms with Gasteiger partial charge in [0.15, 0.2) is 0 Å². The topological polar surface area (TPSA) is 95.9 Å². The van der Waals surface area contributed by atoms with Crippen molar-refractivity contribution in [1.82, 2.24) is 5.32 Å². The summed E-state index contributed by atoms with van der Waals surface area (Å²) >= 11 is 0. The van der Waals surface area contributed by atoms with Crippen LogP contribution in [0.5, 0.6) is 0 Å². The highest BCUT2D eigenvalue weighted by Crippen LogP contribution is 2.17. The number of aliphatic hydroxyl groups is 2. The summed E-state index contributed by atoms with van der Waals surface area (Å²) < 4.78 is 5.87. The van der Waals surface area contributed by atoms with Crippen molar-refractivity contribution in [3.05, 3.63) is 48.6 Å². The Kier molecular flexibility index (Phi) is 42.2. The number of allylic oxidation sites excluding steroid dienone is 8. The first kappa shape index (κ1) is 53.8. The molecule has 0 fully saturated rings. The Morgan fingerprint density at radius 2 is 0.911 bits per heavy atom. The second-order valence-corrected chi connectivity index (χ2v) is 16.2. The zero-order valence-electron chi connectivity index (χ0n) is 37.0. The monoisotopic (exact) mass is 786 g/mol. The molecule has 3 atom stereocenters. The minimum absolute atomic E-state index is 0.0571. The first-order valence-electron chi connectivity index (χ1n) is 23.9. The molecule has 0 bridgehead atoms. The first-order valence-corrected chi connectivity index (χ1v) is 23.9. The van der Waals surface area contributed by atoms with Crippen LogP contribution in [0.2, 0.25) is 0 Å². The van der Waals surface area contributed by atoms with E-state index >= 15 is 0 Å². The van der Waals surface area contributed by atoms with Crippen molar-refractivity contribution < 1.29 is 24.5 Å². The minimum Gasteiger partial charge on any atom is -0.462 e. The van der Waals surface area contributed by atoms with Gasteiger partial charge in [-0.2, -0.15) is 0 Å². The molecule has 0 aromatic rings. The maximum Gasteiger partial charge on any atom is 0.306 e. The lowest BCUT2D eigenvalue weighted by Crippen LogP contribution is -2.46. The Morgan fingerprint density at radius 1 is 0.518 bits per heavy atom. The van der Waals surface area contributed by atoms with E-state index in [1.54, 1.807) is 0 Å². The summed E-state index contributed by atoms with van der Waals surface area (Å²) in [6.07, 6.45) is 51.7. The van der Waals surface area contributed by atoms with Gasteiger partial charge in [-0.3, -0.25) is 9.59 Å². The quantitative estimate of drug-likeness (QED) is 0.0325. The molecule has 0 saturated carbocycles. The van der Waals surface area contributed by atoms with Gasteiger partial charge in [0.25, 0.3) is 0 Å². The molecule has 6 heteroatoms. The number of hydrogen-bond donors (Lipinski definition) is 3. The zero-order chi connectivity index (χ0) is 41.0. The molecule has 0 aliphatic heterocycles. The van der Waals surface area contributed by atoms with Crippen molar-refractivity contribution in [3.8, 4) is 0 Å². The fraction of sp³-hybridized carbons (Fsp3) is 0.800. The highest BCUT2D eigenvalue weighted by molar-refractivity contribution is 5.77. The lowest BCUT2D eigenvalue weighted by Gasteiger charge is -2.24. The van der Waals surface area contributed by atoms with Crippen LogP contribution in [0.15, 0.2) is 48.6 Å². The fourth-order valence-electron chi connectivity index (χ4n) is 7.01. The molecule has 0 rings (SSSR count). The predicted octanol–water partition coefficient (Wildman–Crippen LogP) is 13.9. The van der Waals surface area contributed by atoms with Gasteiger partial charge in [0.05, 0.1) is 25.2 Å². The van der Waals surface area contributed by atoms with E-state index < -0.39 is 18.2 Å². The van der Waals surface area contributed by atoms with Gasteiger partial charge < -0.3 is 20.3 Å². The average Bonchev–Trinajstić information content (AvgIpc) is 3.19. The van der Waals surface area contributed by atoms with E-state index in [4.69, 9.17) is 4.74 Å². The van der Waals surface area contributed by atoms with Crippen LogP contribution in [0.1, 0.15) is 233 Å². The van der Waals surface area contributed by atoms with Crippen molar-refractivity contribution in [3.63, 3.8) is 0 Å². The van der Waals surface area contributed by atoms with Gasteiger partial charge in [-0.05, 0) is 64.2 Å². The van der Waals surface area contributed by atoms with Gasteiger partial charge >= 0.3 is 5.97 Å². The van der Waals surface area contributed by atoms with Crippen molar-refractivity contribution in [2.45, 2.75) is 251 Å². The van der Waals surface area contributed by atoms with Crippen LogP contribution in [-0.4, -0.2) is 46.9 Å². The Labute approximate surface area is 346 Å². The predicted molar refractivity (Wildman–Crippen MR) is 241 cm³/mol. The van der Waals surface area contributed by atoms with Crippen molar-refractivity contribution in [2.24, 2.45) is 0 Å². The number of aliphatic hydroxyl groups excluding tert-OH is 2.